The Morgan fingerprint density at radius 1 is 1.06 bits per heavy atom. The molecule has 0 radical (unpaired) electrons. The zero-order chi connectivity index (χ0) is 23.1. The van der Waals surface area contributed by atoms with E-state index in [4.69, 9.17) is 11.0 Å². The molecule has 0 saturated carbocycles. The molecule has 5 rings (SSSR count). The molecule has 3 aromatic carbocycles. The molecule has 2 aliphatic rings. The lowest BCUT2D eigenvalue weighted by Gasteiger charge is -2.18. The second-order valence-corrected chi connectivity index (χ2v) is 8.88. The van der Waals surface area contributed by atoms with Gasteiger partial charge in [-0.05, 0) is 77.1 Å². The third kappa shape index (κ3) is 3.85. The van der Waals surface area contributed by atoms with Gasteiger partial charge in [-0.2, -0.15) is 5.26 Å². The minimum Gasteiger partial charge on any atom is -0.374 e. The lowest BCUT2D eigenvalue weighted by molar-refractivity contribution is 0.0791. The Morgan fingerprint density at radius 3 is 2.58 bits per heavy atom. The highest BCUT2D eigenvalue weighted by Gasteiger charge is 2.25. The van der Waals surface area contributed by atoms with Crippen molar-refractivity contribution in [3.8, 4) is 28.3 Å². The number of fused-ring (bicyclic) bond motifs is 1. The van der Waals surface area contributed by atoms with Gasteiger partial charge in [0.05, 0.1) is 5.56 Å². The van der Waals surface area contributed by atoms with E-state index in [9.17, 15) is 9.18 Å². The number of halogens is 1. The number of carbonyl (C=O) groups excluding carboxylic acids is 1. The number of nitriles is 1. The molecule has 0 unspecified atom stereocenters. The fourth-order valence-electron chi connectivity index (χ4n) is 4.83. The summed E-state index contributed by atoms with van der Waals surface area (Å²) < 4.78 is 14.5. The van der Waals surface area contributed by atoms with Crippen LogP contribution in [0.5, 0.6) is 0 Å². The number of likely N-dealkylation sites (tertiary alicyclic amines) is 1. The van der Waals surface area contributed by atoms with E-state index >= 15 is 0 Å². The van der Waals surface area contributed by atoms with Crippen LogP contribution < -0.4 is 10.6 Å². The lowest BCUT2D eigenvalue weighted by Crippen LogP contribution is -2.31. The van der Waals surface area contributed by atoms with Gasteiger partial charge < -0.3 is 15.5 Å². The number of likely N-dealkylation sites (N-methyl/N-ethyl adjacent to an activating group) is 1. The highest BCUT2D eigenvalue weighted by atomic mass is 19.1. The van der Waals surface area contributed by atoms with Crippen molar-refractivity contribution < 1.29 is 9.18 Å². The average molecular weight is 441 g/mol. The van der Waals surface area contributed by atoms with Crippen molar-refractivity contribution >= 4 is 11.6 Å². The second kappa shape index (κ2) is 8.34. The van der Waals surface area contributed by atoms with Gasteiger partial charge in [0.1, 0.15) is 11.9 Å². The Bertz CT molecular complexity index is 1300. The summed E-state index contributed by atoms with van der Waals surface area (Å²) in [5, 5.41) is 9.13. The van der Waals surface area contributed by atoms with E-state index < -0.39 is 5.82 Å². The Labute approximate surface area is 192 Å². The Kier molecular flexibility index (Phi) is 5.35. The molecule has 0 aromatic heterocycles. The summed E-state index contributed by atoms with van der Waals surface area (Å²) in [5.74, 6) is -0.640. The minimum absolute atomic E-state index is 0.000784. The van der Waals surface area contributed by atoms with Crippen molar-refractivity contribution in [2.45, 2.75) is 18.9 Å². The Morgan fingerprint density at radius 2 is 1.85 bits per heavy atom. The van der Waals surface area contributed by atoms with Crippen LogP contribution in [-0.2, 0) is 6.42 Å². The average Bonchev–Trinajstić information content (AvgIpc) is 3.43. The predicted molar refractivity (Wildman–Crippen MR) is 127 cm³/mol. The molecule has 0 bridgehead atoms. The van der Waals surface area contributed by atoms with Crippen molar-refractivity contribution in [3.05, 3.63) is 77.1 Å². The molecule has 0 aliphatic carbocycles. The van der Waals surface area contributed by atoms with Gasteiger partial charge in [-0.25, -0.2) is 4.39 Å². The minimum atomic E-state index is -0.571. The summed E-state index contributed by atoms with van der Waals surface area (Å²) in [5.41, 5.74) is 12.4. The van der Waals surface area contributed by atoms with E-state index in [1.807, 2.05) is 24.3 Å². The van der Waals surface area contributed by atoms with Gasteiger partial charge in [0.25, 0.3) is 5.91 Å². The highest BCUT2D eigenvalue weighted by molar-refractivity contribution is 5.98. The first-order valence-electron chi connectivity index (χ1n) is 11.2. The van der Waals surface area contributed by atoms with E-state index in [1.165, 1.54) is 23.4 Å². The van der Waals surface area contributed by atoms with Gasteiger partial charge >= 0.3 is 0 Å². The first kappa shape index (κ1) is 21.2. The normalized spacial score (nSPS) is 17.2. The van der Waals surface area contributed by atoms with Crippen LogP contribution in [0, 0.1) is 17.1 Å². The summed E-state index contributed by atoms with van der Waals surface area (Å²) in [6.07, 6.45) is 1.77. The van der Waals surface area contributed by atoms with Crippen LogP contribution in [0.25, 0.3) is 22.3 Å². The molecule has 1 saturated heterocycles. The van der Waals surface area contributed by atoms with Gasteiger partial charge in [0.15, 0.2) is 0 Å². The Hall–Kier alpha value is -3.69. The fourth-order valence-corrected chi connectivity index (χ4v) is 4.83. The number of hydrogen-bond donors (Lipinski definition) is 1. The summed E-state index contributed by atoms with van der Waals surface area (Å²) >= 11 is 0. The van der Waals surface area contributed by atoms with Crippen molar-refractivity contribution in [2.75, 3.05) is 31.6 Å². The summed E-state index contributed by atoms with van der Waals surface area (Å²) in [4.78, 5) is 17.1. The zero-order valence-corrected chi connectivity index (χ0v) is 18.5. The summed E-state index contributed by atoms with van der Waals surface area (Å²) in [7, 11) is 2.08. The fraction of sp³-hybridized carbons (Fsp3) is 0.259. The van der Waals surface area contributed by atoms with E-state index in [2.05, 4.69) is 30.1 Å². The monoisotopic (exact) mass is 440 g/mol. The van der Waals surface area contributed by atoms with Gasteiger partial charge in [-0.1, -0.05) is 18.2 Å². The molecule has 1 amide bonds. The molecular formula is C27H25FN4O. The molecular weight excluding hydrogens is 415 g/mol. The van der Waals surface area contributed by atoms with Gasteiger partial charge in [0, 0.05) is 44.0 Å². The van der Waals surface area contributed by atoms with E-state index in [-0.39, 0.29) is 17.5 Å². The smallest absolute Gasteiger partial charge is 0.253 e. The maximum Gasteiger partial charge on any atom is 0.253 e. The first-order chi connectivity index (χ1) is 15.9. The molecule has 2 heterocycles. The van der Waals surface area contributed by atoms with Crippen molar-refractivity contribution in [1.29, 1.82) is 5.26 Å². The van der Waals surface area contributed by atoms with Crippen LogP contribution in [0.15, 0.2) is 54.6 Å². The molecule has 33 heavy (non-hydrogen) atoms. The molecule has 0 spiro atoms. The highest BCUT2D eigenvalue weighted by Crippen LogP contribution is 2.37. The standard InChI is InChI=1S/C27H25FN4O/c1-31-10-8-19-12-17(5-7-26(19)31)23-6-4-20(27(33)32-11-9-22(30)16-32)13-24(23)18-2-3-21(15-29)25(28)14-18/h2-7,12-14,22H,8-11,16,30H2,1H3/t22-/m0/s1. The van der Waals surface area contributed by atoms with Crippen LogP contribution in [0.3, 0.4) is 0 Å². The largest absolute Gasteiger partial charge is 0.374 e. The number of rotatable bonds is 3. The van der Waals surface area contributed by atoms with E-state index in [1.54, 1.807) is 11.0 Å². The topological polar surface area (TPSA) is 73.4 Å². The van der Waals surface area contributed by atoms with Gasteiger partial charge in [-0.3, -0.25) is 4.79 Å². The predicted octanol–water partition coefficient (Wildman–Crippen LogP) is 4.20. The number of anilines is 1. The Balaban J connectivity index is 1.62. The summed E-state index contributed by atoms with van der Waals surface area (Å²) in [6.45, 7) is 2.17. The molecule has 2 aliphatic heterocycles. The molecule has 1 atom stereocenters. The van der Waals surface area contributed by atoms with Crippen LogP contribution in [0.4, 0.5) is 10.1 Å². The number of carbonyl (C=O) groups is 1. The molecule has 3 aromatic rings. The van der Waals surface area contributed by atoms with Crippen LogP contribution >= 0.6 is 0 Å². The van der Waals surface area contributed by atoms with Crippen molar-refractivity contribution in [2.24, 2.45) is 5.73 Å². The molecule has 2 N–H and O–H groups in total. The van der Waals surface area contributed by atoms with Crippen molar-refractivity contribution in [3.63, 3.8) is 0 Å². The second-order valence-electron chi connectivity index (χ2n) is 8.88. The molecule has 6 heteroatoms. The number of hydrogen-bond acceptors (Lipinski definition) is 4. The zero-order valence-electron chi connectivity index (χ0n) is 18.5. The number of amides is 1. The van der Waals surface area contributed by atoms with E-state index in [0.29, 0.717) is 24.2 Å². The number of benzene rings is 3. The van der Waals surface area contributed by atoms with Crippen LogP contribution in [0.1, 0.15) is 27.9 Å². The molecule has 1 fully saturated rings. The van der Waals surface area contributed by atoms with Crippen LogP contribution in [-0.4, -0.2) is 43.5 Å². The third-order valence-corrected chi connectivity index (χ3v) is 6.70. The molecule has 166 valence electrons. The number of nitrogens with zero attached hydrogens (tertiary/aromatic N) is 3. The third-order valence-electron chi connectivity index (χ3n) is 6.70. The quantitative estimate of drug-likeness (QED) is 0.663. The van der Waals surface area contributed by atoms with Crippen molar-refractivity contribution in [1.82, 2.24) is 4.90 Å². The van der Waals surface area contributed by atoms with Gasteiger partial charge in [0.2, 0.25) is 0 Å². The lowest BCUT2D eigenvalue weighted by atomic mass is 9.91. The first-order valence-corrected chi connectivity index (χ1v) is 11.2. The molecule has 5 nitrogen and oxygen atoms in total. The van der Waals surface area contributed by atoms with Crippen LogP contribution in [0.2, 0.25) is 0 Å². The summed E-state index contributed by atoms with van der Waals surface area (Å²) in [6, 6.07) is 18.5. The van der Waals surface area contributed by atoms with Gasteiger partial charge in [-0.15, -0.1) is 0 Å². The number of nitrogens with two attached hydrogens (primary N) is 1. The maximum atomic E-state index is 14.5. The maximum absolute atomic E-state index is 14.5. The SMILES string of the molecule is CN1CCc2cc(-c3ccc(C(=O)N4CC[C@H](N)C4)cc3-c3ccc(C#N)c(F)c3)ccc21. The van der Waals surface area contributed by atoms with E-state index in [0.717, 1.165) is 36.1 Å².